The van der Waals surface area contributed by atoms with Crippen molar-refractivity contribution in [2.45, 2.75) is 50.9 Å². The minimum atomic E-state index is -1.07. The number of esters is 1. The number of hydrogen-bond acceptors (Lipinski definition) is 5. The van der Waals surface area contributed by atoms with Gasteiger partial charge in [0.25, 0.3) is 0 Å². The van der Waals surface area contributed by atoms with Gasteiger partial charge in [-0.3, -0.25) is 0 Å². The van der Waals surface area contributed by atoms with E-state index < -0.39 is 29.3 Å². The van der Waals surface area contributed by atoms with Crippen LogP contribution < -0.4 is 5.32 Å². The molecule has 1 saturated heterocycles. The first kappa shape index (κ1) is 18.3. The van der Waals surface area contributed by atoms with Gasteiger partial charge in [-0.25, -0.2) is 9.59 Å². The Bertz CT molecular complexity index is 823. The van der Waals surface area contributed by atoms with Crippen LogP contribution in [0.15, 0.2) is 30.5 Å². The van der Waals surface area contributed by atoms with E-state index in [1.807, 2.05) is 30.5 Å². The number of carbonyl (C=O) groups is 2. The first-order chi connectivity index (χ1) is 12.2. The second kappa shape index (κ2) is 6.64. The summed E-state index contributed by atoms with van der Waals surface area (Å²) in [5.41, 5.74) is 0.190. The fourth-order valence-electron chi connectivity index (χ4n) is 3.23. The molecule has 7 heteroatoms. The van der Waals surface area contributed by atoms with Crippen LogP contribution in [0.2, 0.25) is 0 Å². The number of para-hydroxylation sites is 1. The third kappa shape index (κ3) is 3.83. The van der Waals surface area contributed by atoms with Gasteiger partial charge in [-0.2, -0.15) is 0 Å². The van der Waals surface area contributed by atoms with Gasteiger partial charge < -0.3 is 24.9 Å². The Morgan fingerprint density at radius 3 is 2.85 bits per heavy atom. The molecule has 0 radical (unpaired) electrons. The van der Waals surface area contributed by atoms with E-state index >= 15 is 0 Å². The second-order valence-corrected chi connectivity index (χ2v) is 7.70. The summed E-state index contributed by atoms with van der Waals surface area (Å²) in [7, 11) is 0. The average molecular weight is 360 g/mol. The Kier molecular flexibility index (Phi) is 4.66. The number of fused-ring (bicyclic) bond motifs is 1. The fourth-order valence-corrected chi connectivity index (χ4v) is 3.23. The lowest BCUT2D eigenvalue weighted by Crippen LogP contribution is -2.42. The lowest BCUT2D eigenvalue weighted by Gasteiger charge is -2.25. The third-order valence-corrected chi connectivity index (χ3v) is 4.34. The van der Waals surface area contributed by atoms with E-state index in [9.17, 15) is 14.7 Å². The van der Waals surface area contributed by atoms with Crippen LogP contribution >= 0.6 is 0 Å². The Hall–Kier alpha value is -2.54. The number of aliphatic hydroxyl groups excluding tert-OH is 1. The summed E-state index contributed by atoms with van der Waals surface area (Å²) in [5, 5.41) is 13.5. The Balaban J connectivity index is 1.74. The summed E-state index contributed by atoms with van der Waals surface area (Å²) in [5.74, 6) is -0.565. The standard InChI is InChI=1S/C19H24N2O5/c1-18(2,3)26-17(24)21-15-9-19(11-22,25-16(15)23)8-12-10-20-14-7-5-4-6-13(12)14/h4-7,10,15,20,22H,8-9,11H2,1-3H3,(H,21,24)/t15-,19-/m0/s1. The number of aromatic amines is 1. The topological polar surface area (TPSA) is 101 Å². The monoisotopic (exact) mass is 360 g/mol. The first-order valence-corrected chi connectivity index (χ1v) is 8.60. The molecule has 2 atom stereocenters. The molecule has 0 bridgehead atoms. The molecule has 1 aliphatic rings. The third-order valence-electron chi connectivity index (χ3n) is 4.34. The molecule has 0 unspecified atom stereocenters. The molecule has 1 amide bonds. The predicted molar refractivity (Wildman–Crippen MR) is 95.7 cm³/mol. The van der Waals surface area contributed by atoms with Crippen molar-refractivity contribution < 1.29 is 24.2 Å². The minimum Gasteiger partial charge on any atom is -0.455 e. The lowest BCUT2D eigenvalue weighted by molar-refractivity contribution is -0.152. The normalized spacial score (nSPS) is 23.1. The van der Waals surface area contributed by atoms with Crippen LogP contribution in [0.5, 0.6) is 0 Å². The van der Waals surface area contributed by atoms with Gasteiger partial charge in [0.05, 0.1) is 6.61 Å². The number of carbonyl (C=O) groups excluding carboxylic acids is 2. The number of aromatic nitrogens is 1. The fraction of sp³-hybridized carbons (Fsp3) is 0.474. The highest BCUT2D eigenvalue weighted by atomic mass is 16.6. The van der Waals surface area contributed by atoms with Crippen LogP contribution in [0.3, 0.4) is 0 Å². The highest BCUT2D eigenvalue weighted by Crippen LogP contribution is 2.33. The molecule has 1 aromatic carbocycles. The Labute approximate surface area is 151 Å². The first-order valence-electron chi connectivity index (χ1n) is 8.60. The van der Waals surface area contributed by atoms with Crippen LogP contribution in [0.1, 0.15) is 32.8 Å². The van der Waals surface area contributed by atoms with E-state index in [1.165, 1.54) is 0 Å². The summed E-state index contributed by atoms with van der Waals surface area (Å²) < 4.78 is 10.7. The van der Waals surface area contributed by atoms with Gasteiger partial charge in [-0.15, -0.1) is 0 Å². The Morgan fingerprint density at radius 1 is 1.42 bits per heavy atom. The molecule has 140 valence electrons. The maximum absolute atomic E-state index is 12.2. The number of ether oxygens (including phenoxy) is 2. The number of rotatable bonds is 4. The number of H-pyrrole nitrogens is 1. The van der Waals surface area contributed by atoms with Crippen molar-refractivity contribution in [3.05, 3.63) is 36.0 Å². The zero-order valence-electron chi connectivity index (χ0n) is 15.2. The quantitative estimate of drug-likeness (QED) is 0.726. The average Bonchev–Trinajstić information content (AvgIpc) is 3.08. The SMILES string of the molecule is CC(C)(C)OC(=O)N[C@H]1C[C@](CO)(Cc2c[nH]c3ccccc23)OC1=O. The van der Waals surface area contributed by atoms with Gasteiger partial charge in [0.15, 0.2) is 0 Å². The summed E-state index contributed by atoms with van der Waals surface area (Å²) in [6.07, 6.45) is 1.71. The van der Waals surface area contributed by atoms with Gasteiger partial charge in [0.1, 0.15) is 17.2 Å². The number of aliphatic hydroxyl groups is 1. The van der Waals surface area contributed by atoms with Gasteiger partial charge >= 0.3 is 12.1 Å². The van der Waals surface area contributed by atoms with Gasteiger partial charge in [0, 0.05) is 29.9 Å². The van der Waals surface area contributed by atoms with Crippen molar-refractivity contribution in [1.29, 1.82) is 0 Å². The molecular formula is C19H24N2O5. The van der Waals surface area contributed by atoms with Crippen molar-refractivity contribution in [3.63, 3.8) is 0 Å². The number of benzene rings is 1. The summed E-state index contributed by atoms with van der Waals surface area (Å²) in [6.45, 7) is 4.91. The van der Waals surface area contributed by atoms with Crippen molar-refractivity contribution in [3.8, 4) is 0 Å². The van der Waals surface area contributed by atoms with Gasteiger partial charge in [-0.05, 0) is 32.4 Å². The zero-order valence-corrected chi connectivity index (χ0v) is 15.2. The number of nitrogens with one attached hydrogen (secondary N) is 2. The summed E-state index contributed by atoms with van der Waals surface area (Å²) >= 11 is 0. The largest absolute Gasteiger partial charge is 0.455 e. The summed E-state index contributed by atoms with van der Waals surface area (Å²) in [6, 6.07) is 6.94. The van der Waals surface area contributed by atoms with Crippen molar-refractivity contribution in [2.24, 2.45) is 0 Å². The number of amides is 1. The molecule has 0 aliphatic carbocycles. The van der Waals surface area contributed by atoms with E-state index in [4.69, 9.17) is 9.47 Å². The number of alkyl carbamates (subject to hydrolysis) is 1. The maximum Gasteiger partial charge on any atom is 0.408 e. The highest BCUT2D eigenvalue weighted by molar-refractivity contribution is 5.85. The van der Waals surface area contributed by atoms with Crippen molar-refractivity contribution in [1.82, 2.24) is 10.3 Å². The van der Waals surface area contributed by atoms with Crippen LogP contribution in [-0.2, 0) is 20.7 Å². The van der Waals surface area contributed by atoms with Gasteiger partial charge in [-0.1, -0.05) is 18.2 Å². The van der Waals surface area contributed by atoms with Crippen LogP contribution in [0, 0.1) is 0 Å². The van der Waals surface area contributed by atoms with E-state index in [0.29, 0.717) is 6.42 Å². The smallest absolute Gasteiger partial charge is 0.408 e. The molecule has 3 rings (SSSR count). The maximum atomic E-state index is 12.2. The van der Waals surface area contributed by atoms with E-state index in [2.05, 4.69) is 10.3 Å². The van der Waals surface area contributed by atoms with E-state index in [-0.39, 0.29) is 13.0 Å². The molecule has 3 N–H and O–H groups in total. The summed E-state index contributed by atoms with van der Waals surface area (Å²) in [4.78, 5) is 27.3. The van der Waals surface area contributed by atoms with E-state index in [1.54, 1.807) is 20.8 Å². The molecule has 7 nitrogen and oxygen atoms in total. The molecular weight excluding hydrogens is 336 g/mol. The molecule has 1 aliphatic heterocycles. The molecule has 1 fully saturated rings. The second-order valence-electron chi connectivity index (χ2n) is 7.70. The molecule has 2 heterocycles. The molecule has 2 aromatic rings. The van der Waals surface area contributed by atoms with Crippen molar-refractivity contribution >= 4 is 23.0 Å². The minimum absolute atomic E-state index is 0.182. The predicted octanol–water partition coefficient (Wildman–Crippen LogP) is 2.28. The van der Waals surface area contributed by atoms with Crippen molar-refractivity contribution in [2.75, 3.05) is 6.61 Å². The van der Waals surface area contributed by atoms with Crippen LogP contribution in [0.4, 0.5) is 4.79 Å². The van der Waals surface area contributed by atoms with Gasteiger partial charge in [0.2, 0.25) is 0 Å². The number of cyclic esters (lactones) is 1. The Morgan fingerprint density at radius 2 is 2.15 bits per heavy atom. The number of hydrogen-bond donors (Lipinski definition) is 3. The molecule has 0 saturated carbocycles. The van der Waals surface area contributed by atoms with E-state index in [0.717, 1.165) is 16.5 Å². The molecule has 1 aromatic heterocycles. The lowest BCUT2D eigenvalue weighted by atomic mass is 9.91. The van der Waals surface area contributed by atoms with Crippen LogP contribution in [-0.4, -0.2) is 46.0 Å². The molecule has 26 heavy (non-hydrogen) atoms. The highest BCUT2D eigenvalue weighted by Gasteiger charge is 2.47. The molecule has 0 spiro atoms. The zero-order chi connectivity index (χ0) is 18.9. The van der Waals surface area contributed by atoms with Crippen LogP contribution in [0.25, 0.3) is 10.9 Å².